The molecule has 2 nitrogen and oxygen atoms in total. The van der Waals surface area contributed by atoms with Crippen LogP contribution in [0.25, 0.3) is 0 Å². The first-order valence-corrected chi connectivity index (χ1v) is 5.69. The van der Waals surface area contributed by atoms with E-state index < -0.39 is 0 Å². The number of benzene rings is 1. The van der Waals surface area contributed by atoms with Gasteiger partial charge in [-0.25, -0.2) is 0 Å². The zero-order valence-electron chi connectivity index (χ0n) is 8.32. The molecular weight excluding hydrogens is 194 g/mol. The van der Waals surface area contributed by atoms with Gasteiger partial charge in [0.15, 0.2) is 5.90 Å². The quantitative estimate of drug-likeness (QED) is 0.459. The van der Waals surface area contributed by atoms with Crippen molar-refractivity contribution in [3.63, 3.8) is 0 Å². The van der Waals surface area contributed by atoms with Crippen LogP contribution in [-0.4, -0.2) is 18.3 Å². The van der Waals surface area contributed by atoms with Crippen molar-refractivity contribution in [1.82, 2.24) is 0 Å². The van der Waals surface area contributed by atoms with Gasteiger partial charge in [0.05, 0.1) is 6.61 Å². The minimum absolute atomic E-state index is 0.385. The van der Waals surface area contributed by atoms with Gasteiger partial charge in [0, 0.05) is 17.1 Å². The summed E-state index contributed by atoms with van der Waals surface area (Å²) < 4.78 is 5.05. The van der Waals surface area contributed by atoms with E-state index >= 15 is 0 Å². The summed E-state index contributed by atoms with van der Waals surface area (Å²) in [6.45, 7) is 2.49. The molecule has 0 saturated carbocycles. The van der Waals surface area contributed by atoms with Crippen LogP contribution in [0.5, 0.6) is 0 Å². The van der Waals surface area contributed by atoms with E-state index in [1.165, 1.54) is 4.90 Å². The van der Waals surface area contributed by atoms with Crippen molar-refractivity contribution in [3.05, 3.63) is 30.3 Å². The lowest BCUT2D eigenvalue weighted by atomic mass is 10.4. The molecule has 1 rings (SSSR count). The molecule has 0 aliphatic heterocycles. The maximum absolute atomic E-state index is 7.42. The molecule has 3 heteroatoms. The van der Waals surface area contributed by atoms with Crippen molar-refractivity contribution in [2.75, 3.05) is 12.4 Å². The second-order valence-corrected chi connectivity index (χ2v) is 3.94. The zero-order chi connectivity index (χ0) is 10.2. The third kappa shape index (κ3) is 4.33. The van der Waals surface area contributed by atoms with E-state index in [2.05, 4.69) is 12.1 Å². The molecular formula is C11H15NOS. The number of hydrogen-bond acceptors (Lipinski definition) is 3. The highest BCUT2D eigenvalue weighted by atomic mass is 32.2. The summed E-state index contributed by atoms with van der Waals surface area (Å²) in [5.41, 5.74) is 0. The Hall–Kier alpha value is -0.960. The first-order chi connectivity index (χ1) is 6.83. The van der Waals surface area contributed by atoms with Crippen LogP contribution in [0.3, 0.4) is 0 Å². The number of hydrogen-bond donors (Lipinski definition) is 1. The molecule has 0 aromatic heterocycles. The van der Waals surface area contributed by atoms with Gasteiger partial charge in [-0.15, -0.1) is 11.8 Å². The maximum Gasteiger partial charge on any atom is 0.181 e. The fourth-order valence-electron chi connectivity index (χ4n) is 1.02. The molecule has 1 N–H and O–H groups in total. The average Bonchev–Trinajstić information content (AvgIpc) is 2.20. The molecule has 1 aromatic rings. The maximum atomic E-state index is 7.42. The number of ether oxygens (including phenoxy) is 1. The Labute approximate surface area is 89.2 Å². The molecule has 76 valence electrons. The molecule has 0 heterocycles. The summed E-state index contributed by atoms with van der Waals surface area (Å²) in [6.07, 6.45) is 0.702. The SMILES string of the molecule is CCOC(=N)CCSc1ccccc1. The third-order valence-corrected chi connectivity index (χ3v) is 2.67. The Morgan fingerprint density at radius 3 is 2.71 bits per heavy atom. The fraction of sp³-hybridized carbons (Fsp3) is 0.364. The van der Waals surface area contributed by atoms with Crippen molar-refractivity contribution in [1.29, 1.82) is 5.41 Å². The van der Waals surface area contributed by atoms with Gasteiger partial charge < -0.3 is 4.74 Å². The van der Waals surface area contributed by atoms with Crippen LogP contribution in [-0.2, 0) is 4.74 Å². The van der Waals surface area contributed by atoms with Crippen LogP contribution in [0.2, 0.25) is 0 Å². The summed E-state index contributed by atoms with van der Waals surface area (Å²) in [5.74, 6) is 1.29. The molecule has 14 heavy (non-hydrogen) atoms. The number of rotatable bonds is 5. The largest absolute Gasteiger partial charge is 0.481 e. The smallest absolute Gasteiger partial charge is 0.181 e. The third-order valence-electron chi connectivity index (χ3n) is 1.66. The number of thioether (sulfide) groups is 1. The molecule has 0 amide bonds. The Morgan fingerprint density at radius 2 is 2.07 bits per heavy atom. The fourth-order valence-corrected chi connectivity index (χ4v) is 1.90. The van der Waals surface area contributed by atoms with Crippen LogP contribution in [0.4, 0.5) is 0 Å². The highest BCUT2D eigenvalue weighted by Gasteiger charge is 1.97. The van der Waals surface area contributed by atoms with Crippen LogP contribution < -0.4 is 0 Å². The summed E-state index contributed by atoms with van der Waals surface area (Å²) in [6, 6.07) is 10.2. The lowest BCUT2D eigenvalue weighted by molar-refractivity contribution is 0.316. The normalized spacial score (nSPS) is 9.79. The van der Waals surface area contributed by atoms with Gasteiger partial charge in [0.1, 0.15) is 0 Å². The van der Waals surface area contributed by atoms with Crippen molar-refractivity contribution in [3.8, 4) is 0 Å². The van der Waals surface area contributed by atoms with E-state index in [1.54, 1.807) is 11.8 Å². The standard InChI is InChI=1S/C11H15NOS/c1-2-13-11(12)8-9-14-10-6-4-3-5-7-10/h3-7,12H,2,8-9H2,1H3. The number of nitrogens with one attached hydrogen (secondary N) is 1. The molecule has 1 aromatic carbocycles. The van der Waals surface area contributed by atoms with Crippen molar-refractivity contribution >= 4 is 17.7 Å². The van der Waals surface area contributed by atoms with E-state index in [0.717, 1.165) is 5.75 Å². The summed E-state index contributed by atoms with van der Waals surface area (Å²) in [4.78, 5) is 1.25. The first-order valence-electron chi connectivity index (χ1n) is 4.71. The van der Waals surface area contributed by atoms with Gasteiger partial charge in [-0.3, -0.25) is 5.41 Å². The van der Waals surface area contributed by atoms with E-state index in [9.17, 15) is 0 Å². The molecule has 0 bridgehead atoms. The van der Waals surface area contributed by atoms with Crippen LogP contribution >= 0.6 is 11.8 Å². The second kappa shape index (κ2) is 6.49. The molecule has 0 aliphatic rings. The molecule has 0 aliphatic carbocycles. The Balaban J connectivity index is 2.19. The zero-order valence-corrected chi connectivity index (χ0v) is 9.14. The minimum atomic E-state index is 0.385. The highest BCUT2D eigenvalue weighted by Crippen LogP contribution is 2.17. The Morgan fingerprint density at radius 1 is 1.36 bits per heavy atom. The minimum Gasteiger partial charge on any atom is -0.481 e. The van der Waals surface area contributed by atoms with Gasteiger partial charge in [0.2, 0.25) is 0 Å². The van der Waals surface area contributed by atoms with Gasteiger partial charge in [-0.05, 0) is 19.1 Å². The predicted octanol–water partition coefficient (Wildman–Crippen LogP) is 3.18. The second-order valence-electron chi connectivity index (χ2n) is 2.77. The van der Waals surface area contributed by atoms with E-state index in [1.807, 2.05) is 25.1 Å². The lowest BCUT2D eigenvalue weighted by Crippen LogP contribution is -2.03. The van der Waals surface area contributed by atoms with E-state index in [-0.39, 0.29) is 0 Å². The van der Waals surface area contributed by atoms with Gasteiger partial charge in [0.25, 0.3) is 0 Å². The summed E-state index contributed by atoms with van der Waals surface area (Å²) in [7, 11) is 0. The van der Waals surface area contributed by atoms with Crippen LogP contribution in [0.15, 0.2) is 35.2 Å². The van der Waals surface area contributed by atoms with Crippen molar-refractivity contribution in [2.45, 2.75) is 18.2 Å². The van der Waals surface area contributed by atoms with Crippen molar-refractivity contribution in [2.24, 2.45) is 0 Å². The average molecular weight is 209 g/mol. The molecule has 0 radical (unpaired) electrons. The Bertz CT molecular complexity index is 274. The monoisotopic (exact) mass is 209 g/mol. The summed E-state index contributed by atoms with van der Waals surface area (Å²) in [5, 5.41) is 7.42. The van der Waals surface area contributed by atoms with E-state index in [0.29, 0.717) is 18.9 Å². The lowest BCUT2D eigenvalue weighted by Gasteiger charge is -2.04. The molecule has 0 atom stereocenters. The summed E-state index contributed by atoms with van der Waals surface area (Å²) >= 11 is 1.75. The van der Waals surface area contributed by atoms with Crippen LogP contribution in [0, 0.1) is 5.41 Å². The van der Waals surface area contributed by atoms with Crippen LogP contribution in [0.1, 0.15) is 13.3 Å². The molecule has 0 saturated heterocycles. The molecule has 0 spiro atoms. The predicted molar refractivity (Wildman–Crippen MR) is 61.1 cm³/mol. The molecule has 0 unspecified atom stereocenters. The first kappa shape index (κ1) is 11.1. The van der Waals surface area contributed by atoms with E-state index in [4.69, 9.17) is 10.1 Å². The highest BCUT2D eigenvalue weighted by molar-refractivity contribution is 7.99. The Kier molecular flexibility index (Phi) is 5.15. The topological polar surface area (TPSA) is 33.1 Å². The molecule has 0 fully saturated rings. The van der Waals surface area contributed by atoms with Gasteiger partial charge >= 0.3 is 0 Å². The van der Waals surface area contributed by atoms with Crippen molar-refractivity contribution < 1.29 is 4.74 Å². The van der Waals surface area contributed by atoms with Gasteiger partial charge in [-0.2, -0.15) is 0 Å². The van der Waals surface area contributed by atoms with Gasteiger partial charge in [-0.1, -0.05) is 18.2 Å².